The lowest BCUT2D eigenvalue weighted by Crippen LogP contribution is -2.09. The molecular weight excluding hydrogens is 168 g/mol. The minimum absolute atomic E-state index is 0.832. The summed E-state index contributed by atoms with van der Waals surface area (Å²) in [6.45, 7) is 9.38. The Morgan fingerprint density at radius 1 is 1.50 bits per heavy atom. The van der Waals surface area contributed by atoms with E-state index in [0.29, 0.717) is 0 Å². The monoisotopic (exact) mass is 194 g/mol. The highest BCUT2D eigenvalue weighted by atomic mass is 14.3. The Labute approximate surface area is 89.8 Å². The van der Waals surface area contributed by atoms with Crippen LogP contribution in [0.3, 0.4) is 0 Å². The van der Waals surface area contributed by atoms with E-state index in [1.165, 1.54) is 32.1 Å². The maximum Gasteiger partial charge on any atom is -0.0228 e. The van der Waals surface area contributed by atoms with Crippen molar-refractivity contribution in [2.24, 2.45) is 17.8 Å². The largest absolute Gasteiger partial charge is 0.0825 e. The lowest BCUT2D eigenvalue weighted by molar-refractivity contribution is 0.329. The zero-order valence-corrected chi connectivity index (χ0v) is 10.3. The van der Waals surface area contributed by atoms with Gasteiger partial charge in [-0.05, 0) is 37.5 Å². The molecule has 0 saturated carbocycles. The maximum absolute atomic E-state index is 2.47. The van der Waals surface area contributed by atoms with E-state index in [1.807, 2.05) is 0 Å². The van der Waals surface area contributed by atoms with Crippen LogP contribution in [0.1, 0.15) is 59.8 Å². The average Bonchev–Trinajstić information content (AvgIpc) is 2.42. The summed E-state index contributed by atoms with van der Waals surface area (Å²) in [4.78, 5) is 0. The summed E-state index contributed by atoms with van der Waals surface area (Å²) in [5.74, 6) is 2.71. The molecule has 0 N–H and O–H groups in total. The first-order valence-electron chi connectivity index (χ1n) is 6.30. The van der Waals surface area contributed by atoms with Gasteiger partial charge in [-0.2, -0.15) is 0 Å². The van der Waals surface area contributed by atoms with E-state index in [0.717, 1.165) is 17.8 Å². The molecule has 0 saturated heterocycles. The van der Waals surface area contributed by atoms with Crippen molar-refractivity contribution in [1.29, 1.82) is 0 Å². The van der Waals surface area contributed by atoms with E-state index in [9.17, 15) is 0 Å². The van der Waals surface area contributed by atoms with Crippen LogP contribution in [0.25, 0.3) is 0 Å². The van der Waals surface area contributed by atoms with Gasteiger partial charge in [0, 0.05) is 0 Å². The van der Waals surface area contributed by atoms with Gasteiger partial charge in [-0.15, -0.1) is 0 Å². The second-order valence-corrected chi connectivity index (χ2v) is 5.32. The van der Waals surface area contributed by atoms with Crippen molar-refractivity contribution in [3.8, 4) is 0 Å². The van der Waals surface area contributed by atoms with Gasteiger partial charge in [0.1, 0.15) is 0 Å². The normalized spacial score (nSPS) is 29.0. The van der Waals surface area contributed by atoms with E-state index in [2.05, 4.69) is 33.8 Å². The van der Waals surface area contributed by atoms with Crippen LogP contribution in [0.2, 0.25) is 0 Å². The summed E-state index contributed by atoms with van der Waals surface area (Å²) >= 11 is 0. The Morgan fingerprint density at radius 3 is 2.71 bits per heavy atom. The van der Waals surface area contributed by atoms with Crippen LogP contribution in [-0.4, -0.2) is 0 Å². The molecule has 2 unspecified atom stereocenters. The molecule has 0 nitrogen and oxygen atoms in total. The topological polar surface area (TPSA) is 0 Å². The van der Waals surface area contributed by atoms with Crippen molar-refractivity contribution in [3.63, 3.8) is 0 Å². The zero-order chi connectivity index (χ0) is 10.6. The molecule has 0 bridgehead atoms. The minimum atomic E-state index is 0.832. The molecule has 82 valence electrons. The summed E-state index contributed by atoms with van der Waals surface area (Å²) in [5, 5.41) is 0. The van der Waals surface area contributed by atoms with E-state index in [4.69, 9.17) is 0 Å². The first kappa shape index (κ1) is 11.8. The molecule has 14 heavy (non-hydrogen) atoms. The summed E-state index contributed by atoms with van der Waals surface area (Å²) in [6.07, 6.45) is 9.46. The third-order valence-electron chi connectivity index (χ3n) is 3.63. The van der Waals surface area contributed by atoms with Crippen LogP contribution in [-0.2, 0) is 0 Å². The summed E-state index contributed by atoms with van der Waals surface area (Å²) in [5.41, 5.74) is 1.62. The average molecular weight is 194 g/mol. The molecule has 1 rings (SSSR count). The quantitative estimate of drug-likeness (QED) is 0.551. The van der Waals surface area contributed by atoms with Crippen molar-refractivity contribution in [1.82, 2.24) is 0 Å². The Bertz CT molecular complexity index is 190. The van der Waals surface area contributed by atoms with Crippen molar-refractivity contribution in [2.45, 2.75) is 59.8 Å². The number of hydrogen-bond acceptors (Lipinski definition) is 0. The Balaban J connectivity index is 2.24. The molecule has 0 aromatic rings. The molecule has 0 aliphatic heterocycles. The predicted molar refractivity (Wildman–Crippen MR) is 64.3 cm³/mol. The second-order valence-electron chi connectivity index (χ2n) is 5.32. The van der Waals surface area contributed by atoms with E-state index < -0.39 is 0 Å². The molecule has 0 radical (unpaired) electrons. The minimum Gasteiger partial charge on any atom is -0.0825 e. The van der Waals surface area contributed by atoms with Gasteiger partial charge in [0.25, 0.3) is 0 Å². The van der Waals surface area contributed by atoms with E-state index in [1.54, 1.807) is 5.57 Å². The van der Waals surface area contributed by atoms with Crippen LogP contribution in [0.5, 0.6) is 0 Å². The van der Waals surface area contributed by atoms with Gasteiger partial charge in [0.2, 0.25) is 0 Å². The molecule has 0 spiro atoms. The molecule has 3 atom stereocenters. The molecule has 0 aromatic heterocycles. The third-order valence-corrected chi connectivity index (χ3v) is 3.63. The summed E-state index contributed by atoms with van der Waals surface area (Å²) < 4.78 is 0. The molecule has 1 aliphatic rings. The predicted octanol–water partition coefficient (Wildman–Crippen LogP) is 4.81. The summed E-state index contributed by atoms with van der Waals surface area (Å²) in [7, 11) is 0. The van der Waals surface area contributed by atoms with Gasteiger partial charge < -0.3 is 0 Å². The van der Waals surface area contributed by atoms with Gasteiger partial charge in [-0.3, -0.25) is 0 Å². The van der Waals surface area contributed by atoms with Crippen molar-refractivity contribution >= 4 is 0 Å². The maximum atomic E-state index is 2.47. The number of rotatable bonds is 5. The molecule has 0 fully saturated rings. The van der Waals surface area contributed by atoms with Crippen LogP contribution in [0.4, 0.5) is 0 Å². The number of unbranched alkanes of at least 4 members (excludes halogenated alkanes) is 1. The fourth-order valence-corrected chi connectivity index (χ4v) is 2.74. The highest BCUT2D eigenvalue weighted by molar-refractivity contribution is 5.10. The Kier molecular flexibility index (Phi) is 4.71. The van der Waals surface area contributed by atoms with Gasteiger partial charge in [0.05, 0.1) is 0 Å². The van der Waals surface area contributed by atoms with Gasteiger partial charge >= 0.3 is 0 Å². The number of allylic oxidation sites excluding steroid dienone is 2. The molecule has 0 amide bonds. The highest BCUT2D eigenvalue weighted by Crippen LogP contribution is 2.35. The lowest BCUT2D eigenvalue weighted by atomic mass is 9.85. The first-order chi connectivity index (χ1) is 6.63. The molecule has 0 heteroatoms. The van der Waals surface area contributed by atoms with Crippen molar-refractivity contribution < 1.29 is 0 Å². The number of hydrogen-bond donors (Lipinski definition) is 0. The highest BCUT2D eigenvalue weighted by Gasteiger charge is 2.23. The van der Waals surface area contributed by atoms with Crippen LogP contribution < -0.4 is 0 Å². The Morgan fingerprint density at radius 2 is 2.21 bits per heavy atom. The van der Waals surface area contributed by atoms with Crippen molar-refractivity contribution in [3.05, 3.63) is 11.6 Å². The smallest absolute Gasteiger partial charge is 0.0228 e. The Hall–Kier alpha value is -0.260. The summed E-state index contributed by atoms with van der Waals surface area (Å²) in [6, 6.07) is 0. The zero-order valence-electron chi connectivity index (χ0n) is 10.3. The fraction of sp³-hybridized carbons (Fsp3) is 0.857. The molecule has 1 aliphatic carbocycles. The molecular formula is C14H26. The van der Waals surface area contributed by atoms with E-state index in [-0.39, 0.29) is 0 Å². The third kappa shape index (κ3) is 3.48. The van der Waals surface area contributed by atoms with Crippen molar-refractivity contribution in [2.75, 3.05) is 0 Å². The first-order valence-corrected chi connectivity index (χ1v) is 6.30. The molecule has 0 aromatic carbocycles. The SMILES string of the molecule is CCCCC(C)CC1CC(C)=C[C@@H]1C. The molecule has 0 heterocycles. The van der Waals surface area contributed by atoms with Crippen LogP contribution in [0, 0.1) is 17.8 Å². The second kappa shape index (κ2) is 5.58. The van der Waals surface area contributed by atoms with Gasteiger partial charge in [-0.1, -0.05) is 51.7 Å². The van der Waals surface area contributed by atoms with Crippen LogP contribution >= 0.6 is 0 Å². The van der Waals surface area contributed by atoms with Crippen LogP contribution in [0.15, 0.2) is 11.6 Å². The van der Waals surface area contributed by atoms with E-state index >= 15 is 0 Å². The fourth-order valence-electron chi connectivity index (χ4n) is 2.74. The standard InChI is InChI=1S/C14H26/c1-5-6-7-11(2)9-14-10-12(3)8-13(14)4/h8,11,13-14H,5-7,9-10H2,1-4H3/t11?,13-,14?/m0/s1. The van der Waals surface area contributed by atoms with Gasteiger partial charge in [-0.25, -0.2) is 0 Å². The lowest BCUT2D eigenvalue weighted by Gasteiger charge is -2.20. The van der Waals surface area contributed by atoms with Gasteiger partial charge in [0.15, 0.2) is 0 Å².